The van der Waals surface area contributed by atoms with Gasteiger partial charge < -0.3 is 5.32 Å². The maximum Gasteiger partial charge on any atom is 0.315 e. The minimum absolute atomic E-state index is 0.0190. The third-order valence-electron chi connectivity index (χ3n) is 3.67. The Kier molecular flexibility index (Phi) is 5.49. The van der Waals surface area contributed by atoms with E-state index in [9.17, 15) is 18.0 Å². The lowest BCUT2D eigenvalue weighted by atomic mass is 10.1. The van der Waals surface area contributed by atoms with Crippen LogP contribution in [-0.2, 0) is 26.0 Å². The highest BCUT2D eigenvalue weighted by Crippen LogP contribution is 2.25. The molecule has 10 heteroatoms. The van der Waals surface area contributed by atoms with E-state index in [1.807, 2.05) is 24.3 Å². The molecule has 3 rings (SSSR count). The Balaban J connectivity index is 1.50. The lowest BCUT2D eigenvalue weighted by Crippen LogP contribution is -2.36. The molecule has 1 aromatic heterocycles. The maximum atomic E-state index is 11.9. The quantitative estimate of drug-likeness (QED) is 0.551. The third kappa shape index (κ3) is 4.88. The van der Waals surface area contributed by atoms with E-state index in [0.717, 1.165) is 15.8 Å². The molecule has 0 saturated heterocycles. The van der Waals surface area contributed by atoms with E-state index in [2.05, 4.69) is 15.6 Å². The highest BCUT2D eigenvalue weighted by molar-refractivity contribution is 7.89. The number of hydrogen-bond donors (Lipinski definition) is 3. The van der Waals surface area contributed by atoms with Crippen LogP contribution in [0.4, 0.5) is 5.13 Å². The normalized spacial score (nSPS) is 11.3. The summed E-state index contributed by atoms with van der Waals surface area (Å²) in [6.45, 7) is 0.223. The first-order chi connectivity index (χ1) is 12.8. The van der Waals surface area contributed by atoms with Crippen LogP contribution >= 0.6 is 11.3 Å². The molecule has 0 unspecified atom stereocenters. The predicted molar refractivity (Wildman–Crippen MR) is 103 cm³/mol. The second-order valence-electron chi connectivity index (χ2n) is 5.64. The summed E-state index contributed by atoms with van der Waals surface area (Å²) in [5, 5.41) is 10.4. The summed E-state index contributed by atoms with van der Waals surface area (Å²) in [4.78, 5) is 28.1. The molecule has 0 atom stereocenters. The van der Waals surface area contributed by atoms with Crippen molar-refractivity contribution in [2.45, 2.75) is 11.3 Å². The minimum atomic E-state index is -3.73. The molecule has 2 aromatic carbocycles. The van der Waals surface area contributed by atoms with Crippen molar-refractivity contribution in [3.05, 3.63) is 54.1 Å². The molecule has 0 aliphatic heterocycles. The van der Waals surface area contributed by atoms with E-state index in [0.29, 0.717) is 11.6 Å². The van der Waals surface area contributed by atoms with Gasteiger partial charge in [0.25, 0.3) is 0 Å². The molecular formula is C17H16N4O4S2. The van der Waals surface area contributed by atoms with Gasteiger partial charge in [0.2, 0.25) is 10.0 Å². The van der Waals surface area contributed by atoms with Crippen molar-refractivity contribution < 1.29 is 18.0 Å². The molecule has 0 aliphatic rings. The number of nitrogens with zero attached hydrogens (tertiary/aromatic N) is 1. The van der Waals surface area contributed by atoms with Crippen molar-refractivity contribution >= 4 is 48.5 Å². The Morgan fingerprint density at radius 3 is 2.41 bits per heavy atom. The zero-order valence-electron chi connectivity index (χ0n) is 14.0. The summed E-state index contributed by atoms with van der Waals surface area (Å²) in [5.41, 5.74) is 1.55. The number of rotatable bonds is 5. The van der Waals surface area contributed by atoms with Crippen LogP contribution in [-0.4, -0.2) is 31.8 Å². The molecule has 4 N–H and O–H groups in total. The average Bonchev–Trinajstić information content (AvgIpc) is 3.03. The van der Waals surface area contributed by atoms with Crippen LogP contribution in [0, 0.1) is 0 Å². The van der Waals surface area contributed by atoms with Crippen molar-refractivity contribution in [1.82, 2.24) is 10.3 Å². The van der Waals surface area contributed by atoms with Crippen molar-refractivity contribution in [3.63, 3.8) is 0 Å². The lowest BCUT2D eigenvalue weighted by molar-refractivity contribution is -0.136. The first-order valence-electron chi connectivity index (χ1n) is 7.89. The molecule has 8 nitrogen and oxygen atoms in total. The summed E-state index contributed by atoms with van der Waals surface area (Å²) in [7, 11) is -3.73. The van der Waals surface area contributed by atoms with Crippen LogP contribution in [0.1, 0.15) is 5.56 Å². The van der Waals surface area contributed by atoms with Gasteiger partial charge in [0.05, 0.1) is 15.1 Å². The number of anilines is 1. The van der Waals surface area contributed by atoms with Gasteiger partial charge >= 0.3 is 11.8 Å². The third-order valence-corrected chi connectivity index (χ3v) is 5.55. The van der Waals surface area contributed by atoms with Crippen LogP contribution in [0.15, 0.2) is 53.4 Å². The van der Waals surface area contributed by atoms with Gasteiger partial charge in [-0.2, -0.15) is 0 Å². The van der Waals surface area contributed by atoms with E-state index in [1.165, 1.54) is 23.5 Å². The predicted octanol–water partition coefficient (Wildman–Crippen LogP) is 1.24. The maximum absolute atomic E-state index is 11.9. The number of sulfonamides is 1. The topological polar surface area (TPSA) is 131 Å². The second-order valence-corrected chi connectivity index (χ2v) is 8.23. The number of carbonyl (C=O) groups excluding carboxylic acids is 2. The van der Waals surface area contributed by atoms with Crippen LogP contribution < -0.4 is 15.8 Å². The van der Waals surface area contributed by atoms with Crippen molar-refractivity contribution in [3.8, 4) is 0 Å². The monoisotopic (exact) mass is 404 g/mol. The number of thiazole rings is 1. The molecule has 140 valence electrons. The average molecular weight is 404 g/mol. The number of nitrogens with two attached hydrogens (primary N) is 1. The van der Waals surface area contributed by atoms with Crippen LogP contribution in [0.25, 0.3) is 10.2 Å². The number of amides is 2. The zero-order chi connectivity index (χ0) is 19.4. The SMILES string of the molecule is NS(=O)(=O)c1ccc(CCNC(=O)C(=O)Nc2nc3ccccc3s2)cc1. The highest BCUT2D eigenvalue weighted by Gasteiger charge is 2.15. The van der Waals surface area contributed by atoms with E-state index in [1.54, 1.807) is 12.1 Å². The fourth-order valence-corrected chi connectivity index (χ4v) is 3.70. The van der Waals surface area contributed by atoms with Gasteiger partial charge in [-0.3, -0.25) is 14.9 Å². The number of carbonyl (C=O) groups is 2. The van der Waals surface area contributed by atoms with E-state index in [-0.39, 0.29) is 11.4 Å². The van der Waals surface area contributed by atoms with Crippen molar-refractivity contribution in [2.24, 2.45) is 5.14 Å². The molecular weight excluding hydrogens is 388 g/mol. The number of hydrogen-bond acceptors (Lipinski definition) is 6. The first kappa shape index (κ1) is 19.0. The largest absolute Gasteiger partial charge is 0.347 e. The van der Waals surface area contributed by atoms with Crippen molar-refractivity contribution in [2.75, 3.05) is 11.9 Å². The standard InChI is InChI=1S/C17H16N4O4S2/c18-27(24,25)12-7-5-11(6-8-12)9-10-19-15(22)16(23)21-17-20-13-3-1-2-4-14(13)26-17/h1-8H,9-10H2,(H,19,22)(H2,18,24,25)(H,20,21,23). The molecule has 0 aliphatic carbocycles. The molecule has 0 bridgehead atoms. The van der Waals surface area contributed by atoms with Gasteiger partial charge in [-0.15, -0.1) is 0 Å². The van der Waals surface area contributed by atoms with Crippen molar-refractivity contribution in [1.29, 1.82) is 0 Å². The number of aromatic nitrogens is 1. The Hall–Kier alpha value is -2.82. The van der Waals surface area contributed by atoms with E-state index < -0.39 is 21.8 Å². The highest BCUT2D eigenvalue weighted by atomic mass is 32.2. The minimum Gasteiger partial charge on any atom is -0.347 e. The Morgan fingerprint density at radius 1 is 1.04 bits per heavy atom. The summed E-state index contributed by atoms with van der Waals surface area (Å²) in [6.07, 6.45) is 0.436. The summed E-state index contributed by atoms with van der Waals surface area (Å²) in [5.74, 6) is -1.56. The van der Waals surface area contributed by atoms with Gasteiger partial charge in [0.15, 0.2) is 5.13 Å². The zero-order valence-corrected chi connectivity index (χ0v) is 15.6. The van der Waals surface area contributed by atoms with Crippen LogP contribution in [0.3, 0.4) is 0 Å². The molecule has 2 amide bonds. The summed E-state index contributed by atoms with van der Waals surface area (Å²) >= 11 is 1.28. The van der Waals surface area contributed by atoms with Gasteiger partial charge in [-0.1, -0.05) is 35.6 Å². The Labute approximate surface area is 159 Å². The first-order valence-corrected chi connectivity index (χ1v) is 10.3. The molecule has 0 radical (unpaired) electrons. The molecule has 27 heavy (non-hydrogen) atoms. The number of para-hydroxylation sites is 1. The van der Waals surface area contributed by atoms with Gasteiger partial charge in [0.1, 0.15) is 0 Å². The van der Waals surface area contributed by atoms with Gasteiger partial charge in [0, 0.05) is 6.54 Å². The second kappa shape index (κ2) is 7.82. The molecule has 1 heterocycles. The van der Waals surface area contributed by atoms with Crippen LogP contribution in [0.2, 0.25) is 0 Å². The molecule has 3 aromatic rings. The Bertz CT molecular complexity index is 1060. The van der Waals surface area contributed by atoms with Gasteiger partial charge in [-0.05, 0) is 36.2 Å². The summed E-state index contributed by atoms with van der Waals surface area (Å²) in [6, 6.07) is 13.4. The Morgan fingerprint density at radius 2 is 1.74 bits per heavy atom. The lowest BCUT2D eigenvalue weighted by Gasteiger charge is -2.05. The molecule has 0 fully saturated rings. The molecule has 0 saturated carbocycles. The van der Waals surface area contributed by atoms with E-state index >= 15 is 0 Å². The fourth-order valence-electron chi connectivity index (χ4n) is 2.33. The number of benzene rings is 2. The number of nitrogens with one attached hydrogen (secondary N) is 2. The number of fused-ring (bicyclic) bond motifs is 1. The van der Waals surface area contributed by atoms with Gasteiger partial charge in [-0.25, -0.2) is 18.5 Å². The fraction of sp³-hybridized carbons (Fsp3) is 0.118. The smallest absolute Gasteiger partial charge is 0.315 e. The number of primary sulfonamides is 1. The molecule has 0 spiro atoms. The van der Waals surface area contributed by atoms with E-state index in [4.69, 9.17) is 5.14 Å². The summed E-state index contributed by atoms with van der Waals surface area (Å²) < 4.78 is 23.3. The van der Waals surface area contributed by atoms with Crippen LogP contribution in [0.5, 0.6) is 0 Å².